The molecule has 1 aliphatic heterocycles. The number of aryl methyl sites for hydroxylation is 1. The lowest BCUT2D eigenvalue weighted by Gasteiger charge is -2.34. The van der Waals surface area contributed by atoms with Gasteiger partial charge in [-0.3, -0.25) is 9.89 Å². The van der Waals surface area contributed by atoms with E-state index in [2.05, 4.69) is 51.4 Å². The standard InChI is InChI=1S/C17H31N5S.HI/c1-4-15-6-7-16(23-15)14-20-17(18-3)19-8-9-22-12-10-21(5-2)11-13-22;/h6-7H,4-5,8-14H2,1-3H3,(H2,18,19,20);1H. The average molecular weight is 465 g/mol. The molecule has 1 aromatic rings. The smallest absolute Gasteiger partial charge is 0.191 e. The van der Waals surface area contributed by atoms with E-state index in [0.29, 0.717) is 0 Å². The Morgan fingerprint density at radius 2 is 1.75 bits per heavy atom. The van der Waals surface area contributed by atoms with E-state index in [4.69, 9.17) is 0 Å². The highest BCUT2D eigenvalue weighted by Crippen LogP contribution is 2.16. The van der Waals surface area contributed by atoms with Gasteiger partial charge in [0.2, 0.25) is 0 Å². The summed E-state index contributed by atoms with van der Waals surface area (Å²) in [6, 6.07) is 4.42. The molecule has 0 radical (unpaired) electrons. The molecule has 0 aliphatic carbocycles. The minimum Gasteiger partial charge on any atom is -0.355 e. The van der Waals surface area contributed by atoms with Gasteiger partial charge in [0, 0.05) is 56.1 Å². The summed E-state index contributed by atoms with van der Waals surface area (Å²) in [5.74, 6) is 0.892. The molecule has 24 heavy (non-hydrogen) atoms. The number of rotatable bonds is 7. The second-order valence-corrected chi connectivity index (χ2v) is 7.10. The number of thiophene rings is 1. The number of halogens is 1. The van der Waals surface area contributed by atoms with E-state index < -0.39 is 0 Å². The van der Waals surface area contributed by atoms with Crippen molar-refractivity contribution in [3.05, 3.63) is 21.9 Å². The van der Waals surface area contributed by atoms with Crippen molar-refractivity contribution in [3.8, 4) is 0 Å². The van der Waals surface area contributed by atoms with Crippen LogP contribution < -0.4 is 10.6 Å². The molecule has 7 heteroatoms. The quantitative estimate of drug-likeness (QED) is 0.368. The second kappa shape index (κ2) is 12.1. The highest BCUT2D eigenvalue weighted by Gasteiger charge is 2.14. The summed E-state index contributed by atoms with van der Waals surface area (Å²) >= 11 is 1.88. The highest BCUT2D eigenvalue weighted by atomic mass is 127. The molecule has 1 fully saturated rings. The van der Waals surface area contributed by atoms with Gasteiger partial charge in [0.15, 0.2) is 5.96 Å². The van der Waals surface area contributed by atoms with Crippen molar-refractivity contribution < 1.29 is 0 Å². The maximum Gasteiger partial charge on any atom is 0.191 e. The average Bonchev–Trinajstić information content (AvgIpc) is 3.06. The fourth-order valence-electron chi connectivity index (χ4n) is 2.76. The van der Waals surface area contributed by atoms with Crippen molar-refractivity contribution in [1.29, 1.82) is 0 Å². The number of nitrogens with zero attached hydrogens (tertiary/aromatic N) is 3. The van der Waals surface area contributed by atoms with Crippen LogP contribution in [0.15, 0.2) is 17.1 Å². The van der Waals surface area contributed by atoms with Crippen LogP contribution in [-0.4, -0.2) is 68.6 Å². The van der Waals surface area contributed by atoms with Crippen molar-refractivity contribution in [2.75, 3.05) is 52.9 Å². The zero-order chi connectivity index (χ0) is 16.5. The Hall–Kier alpha value is -0.380. The van der Waals surface area contributed by atoms with E-state index in [9.17, 15) is 0 Å². The van der Waals surface area contributed by atoms with Gasteiger partial charge in [-0.05, 0) is 25.1 Å². The van der Waals surface area contributed by atoms with Crippen LogP contribution in [0.1, 0.15) is 23.6 Å². The molecule has 0 spiro atoms. The number of hydrogen-bond donors (Lipinski definition) is 2. The van der Waals surface area contributed by atoms with E-state index in [0.717, 1.165) is 32.0 Å². The number of piperazine rings is 1. The lowest BCUT2D eigenvalue weighted by molar-refractivity contribution is 0.139. The number of nitrogens with one attached hydrogen (secondary N) is 2. The van der Waals surface area contributed by atoms with E-state index in [1.807, 2.05) is 18.4 Å². The van der Waals surface area contributed by atoms with E-state index in [1.165, 1.54) is 42.5 Å². The molecule has 0 saturated carbocycles. The van der Waals surface area contributed by atoms with E-state index in [1.54, 1.807) is 0 Å². The Kier molecular flexibility index (Phi) is 10.9. The van der Waals surface area contributed by atoms with Crippen molar-refractivity contribution >= 4 is 41.3 Å². The largest absolute Gasteiger partial charge is 0.355 e. The number of hydrogen-bond acceptors (Lipinski definition) is 4. The maximum absolute atomic E-state index is 4.31. The number of likely N-dealkylation sites (N-methyl/N-ethyl adjacent to an activating group) is 1. The molecule has 1 aromatic heterocycles. The van der Waals surface area contributed by atoms with Crippen molar-refractivity contribution in [2.45, 2.75) is 26.8 Å². The third-order valence-corrected chi connectivity index (χ3v) is 5.58. The van der Waals surface area contributed by atoms with Gasteiger partial charge in [0.25, 0.3) is 0 Å². The molecular weight excluding hydrogens is 433 g/mol. The first-order chi connectivity index (χ1) is 11.2. The molecule has 0 atom stereocenters. The minimum atomic E-state index is 0. The highest BCUT2D eigenvalue weighted by molar-refractivity contribution is 14.0. The van der Waals surface area contributed by atoms with Crippen molar-refractivity contribution in [2.24, 2.45) is 4.99 Å². The Morgan fingerprint density at radius 1 is 1.08 bits per heavy atom. The molecule has 2 heterocycles. The molecule has 138 valence electrons. The Labute approximate surface area is 167 Å². The molecule has 0 unspecified atom stereocenters. The van der Waals surface area contributed by atoms with Crippen LogP contribution in [0.3, 0.4) is 0 Å². The molecule has 0 bridgehead atoms. The summed E-state index contributed by atoms with van der Waals surface area (Å²) in [5.41, 5.74) is 0. The summed E-state index contributed by atoms with van der Waals surface area (Å²) < 4.78 is 0. The van der Waals surface area contributed by atoms with Gasteiger partial charge in [-0.1, -0.05) is 13.8 Å². The predicted molar refractivity (Wildman–Crippen MR) is 116 cm³/mol. The second-order valence-electron chi connectivity index (χ2n) is 5.85. The summed E-state index contributed by atoms with van der Waals surface area (Å²) in [7, 11) is 1.83. The van der Waals surface area contributed by atoms with Gasteiger partial charge < -0.3 is 15.5 Å². The van der Waals surface area contributed by atoms with Crippen LogP contribution in [0, 0.1) is 0 Å². The van der Waals surface area contributed by atoms with E-state index >= 15 is 0 Å². The van der Waals surface area contributed by atoms with Crippen LogP contribution in [0.2, 0.25) is 0 Å². The fraction of sp³-hybridized carbons (Fsp3) is 0.706. The van der Waals surface area contributed by atoms with Crippen molar-refractivity contribution in [1.82, 2.24) is 20.4 Å². The third kappa shape index (κ3) is 7.25. The molecule has 0 amide bonds. The van der Waals surface area contributed by atoms with Gasteiger partial charge in [0.05, 0.1) is 6.54 Å². The predicted octanol–water partition coefficient (Wildman–Crippen LogP) is 2.23. The van der Waals surface area contributed by atoms with Gasteiger partial charge >= 0.3 is 0 Å². The number of aliphatic imine (C=N–C) groups is 1. The third-order valence-electron chi connectivity index (χ3n) is 4.35. The topological polar surface area (TPSA) is 42.9 Å². The molecule has 2 rings (SSSR count). The van der Waals surface area contributed by atoms with Gasteiger partial charge in [-0.15, -0.1) is 35.3 Å². The Morgan fingerprint density at radius 3 is 2.33 bits per heavy atom. The number of guanidine groups is 1. The van der Waals surface area contributed by atoms with Crippen LogP contribution in [0.5, 0.6) is 0 Å². The first-order valence-electron chi connectivity index (χ1n) is 8.72. The van der Waals surface area contributed by atoms with Gasteiger partial charge in [-0.2, -0.15) is 0 Å². The first kappa shape index (κ1) is 21.7. The van der Waals surface area contributed by atoms with Crippen LogP contribution in [-0.2, 0) is 13.0 Å². The first-order valence-corrected chi connectivity index (χ1v) is 9.53. The van der Waals surface area contributed by atoms with Gasteiger partial charge in [0.1, 0.15) is 0 Å². The SMILES string of the molecule is CCc1ccc(CNC(=NC)NCCN2CCN(CC)CC2)s1.I. The van der Waals surface area contributed by atoms with Crippen LogP contribution >= 0.6 is 35.3 Å². The van der Waals surface area contributed by atoms with E-state index in [-0.39, 0.29) is 24.0 Å². The minimum absolute atomic E-state index is 0. The zero-order valence-electron chi connectivity index (χ0n) is 15.2. The maximum atomic E-state index is 4.31. The van der Waals surface area contributed by atoms with Crippen LogP contribution in [0.4, 0.5) is 0 Å². The molecule has 2 N–H and O–H groups in total. The molecule has 0 aromatic carbocycles. The monoisotopic (exact) mass is 465 g/mol. The summed E-state index contributed by atoms with van der Waals surface area (Å²) in [6.07, 6.45) is 1.11. The van der Waals surface area contributed by atoms with Crippen molar-refractivity contribution in [3.63, 3.8) is 0 Å². The fourth-order valence-corrected chi connectivity index (χ4v) is 3.66. The molecular formula is C17H32IN5S. The summed E-state index contributed by atoms with van der Waals surface area (Å²) in [4.78, 5) is 12.1. The normalized spacial score (nSPS) is 16.7. The molecule has 5 nitrogen and oxygen atoms in total. The lowest BCUT2D eigenvalue weighted by atomic mass is 10.3. The molecule has 1 saturated heterocycles. The Bertz CT molecular complexity index is 483. The Balaban J connectivity index is 0.00000288. The lowest BCUT2D eigenvalue weighted by Crippen LogP contribution is -2.49. The summed E-state index contributed by atoms with van der Waals surface area (Å²) in [5, 5.41) is 6.82. The summed E-state index contributed by atoms with van der Waals surface area (Å²) in [6.45, 7) is 13.2. The van der Waals surface area contributed by atoms with Crippen LogP contribution in [0.25, 0.3) is 0 Å². The zero-order valence-corrected chi connectivity index (χ0v) is 18.3. The van der Waals surface area contributed by atoms with Gasteiger partial charge in [-0.25, -0.2) is 0 Å². The molecule has 1 aliphatic rings.